The molecule has 1 aromatic rings. The first kappa shape index (κ1) is 13.5. The fourth-order valence-corrected chi connectivity index (χ4v) is 2.95. The van der Waals surface area contributed by atoms with E-state index in [2.05, 4.69) is 18.2 Å². The fourth-order valence-electron chi connectivity index (χ4n) is 2.95. The normalized spacial score (nSPS) is 20.9. The van der Waals surface area contributed by atoms with Gasteiger partial charge in [-0.2, -0.15) is 0 Å². The van der Waals surface area contributed by atoms with E-state index >= 15 is 0 Å². The molecule has 1 spiro atoms. The lowest BCUT2D eigenvalue weighted by atomic mass is 9.89. The maximum absolute atomic E-state index is 11.1. The Bertz CT molecular complexity index is 522. The highest BCUT2D eigenvalue weighted by Gasteiger charge is 2.37. The van der Waals surface area contributed by atoms with Gasteiger partial charge >= 0.3 is 0 Å². The molecule has 1 aliphatic carbocycles. The Morgan fingerprint density at radius 1 is 1.20 bits per heavy atom. The maximum Gasteiger partial charge on any atom is 0.172 e. The van der Waals surface area contributed by atoms with E-state index in [1.165, 1.54) is 11.1 Å². The van der Waals surface area contributed by atoms with Crippen LogP contribution in [-0.2, 0) is 20.7 Å². The van der Waals surface area contributed by atoms with Crippen LogP contribution in [0.5, 0.6) is 0 Å². The van der Waals surface area contributed by atoms with Crippen LogP contribution in [0.3, 0.4) is 0 Å². The second-order valence-electron chi connectivity index (χ2n) is 5.62. The SMILES string of the molecule is CC(=O)Cc1ccc(C2=CCC3(CC2)OCCO3)cc1. The van der Waals surface area contributed by atoms with Crippen LogP contribution in [0.15, 0.2) is 30.3 Å². The average molecular weight is 272 g/mol. The molecule has 20 heavy (non-hydrogen) atoms. The van der Waals surface area contributed by atoms with Crippen LogP contribution in [0, 0.1) is 0 Å². The second kappa shape index (κ2) is 5.51. The largest absolute Gasteiger partial charge is 0.347 e. The summed E-state index contributed by atoms with van der Waals surface area (Å²) in [7, 11) is 0. The topological polar surface area (TPSA) is 35.5 Å². The Balaban J connectivity index is 1.70. The zero-order chi connectivity index (χ0) is 14.0. The zero-order valence-electron chi connectivity index (χ0n) is 11.9. The van der Waals surface area contributed by atoms with Crippen LogP contribution < -0.4 is 0 Å². The summed E-state index contributed by atoms with van der Waals surface area (Å²) in [5, 5.41) is 0. The van der Waals surface area contributed by atoms with Gasteiger partial charge in [-0.05, 0) is 30.0 Å². The van der Waals surface area contributed by atoms with Crippen molar-refractivity contribution < 1.29 is 14.3 Å². The predicted octanol–water partition coefficient (Wildman–Crippen LogP) is 3.13. The summed E-state index contributed by atoms with van der Waals surface area (Å²) in [6.45, 7) is 3.05. The minimum atomic E-state index is -0.349. The number of hydrogen-bond acceptors (Lipinski definition) is 3. The molecule has 1 aromatic carbocycles. The number of allylic oxidation sites excluding steroid dienone is 1. The highest BCUT2D eigenvalue weighted by molar-refractivity contribution is 5.78. The average Bonchev–Trinajstić information content (AvgIpc) is 2.89. The van der Waals surface area contributed by atoms with Gasteiger partial charge in [-0.25, -0.2) is 0 Å². The van der Waals surface area contributed by atoms with Crippen molar-refractivity contribution in [1.82, 2.24) is 0 Å². The minimum Gasteiger partial charge on any atom is -0.347 e. The first-order chi connectivity index (χ1) is 9.67. The number of ether oxygens (including phenoxy) is 2. The van der Waals surface area contributed by atoms with Gasteiger partial charge in [-0.15, -0.1) is 0 Å². The molecule has 0 N–H and O–H groups in total. The molecular formula is C17H20O3. The molecule has 0 amide bonds. The van der Waals surface area contributed by atoms with Gasteiger partial charge in [0.15, 0.2) is 5.79 Å². The number of carbonyl (C=O) groups is 1. The van der Waals surface area contributed by atoms with Crippen LogP contribution in [0.2, 0.25) is 0 Å². The van der Waals surface area contributed by atoms with Gasteiger partial charge in [0, 0.05) is 19.3 Å². The van der Waals surface area contributed by atoms with E-state index < -0.39 is 0 Å². The number of rotatable bonds is 3. The van der Waals surface area contributed by atoms with E-state index in [0.717, 1.165) is 24.8 Å². The Labute approximate surface area is 119 Å². The molecule has 1 heterocycles. The molecule has 3 nitrogen and oxygen atoms in total. The maximum atomic E-state index is 11.1. The van der Waals surface area contributed by atoms with Crippen LogP contribution in [0.4, 0.5) is 0 Å². The van der Waals surface area contributed by atoms with Gasteiger partial charge < -0.3 is 9.47 Å². The van der Waals surface area contributed by atoms with Crippen LogP contribution in [0.1, 0.15) is 37.3 Å². The lowest BCUT2D eigenvalue weighted by Gasteiger charge is -2.30. The highest BCUT2D eigenvalue weighted by atomic mass is 16.7. The highest BCUT2D eigenvalue weighted by Crippen LogP contribution is 2.38. The molecule has 0 bridgehead atoms. The molecule has 0 radical (unpaired) electrons. The van der Waals surface area contributed by atoms with E-state index in [0.29, 0.717) is 19.6 Å². The van der Waals surface area contributed by atoms with Crippen molar-refractivity contribution in [3.05, 3.63) is 41.5 Å². The zero-order valence-corrected chi connectivity index (χ0v) is 11.9. The summed E-state index contributed by atoms with van der Waals surface area (Å²) in [4.78, 5) is 11.1. The standard InChI is InChI=1S/C17H20O3/c1-13(18)12-14-2-4-15(5-3-14)16-6-8-17(9-7-16)19-10-11-20-17/h2-6H,7-12H2,1H3. The summed E-state index contributed by atoms with van der Waals surface area (Å²) in [6, 6.07) is 8.31. The van der Waals surface area contributed by atoms with Gasteiger partial charge in [0.05, 0.1) is 13.2 Å². The number of ketones is 1. The third-order valence-corrected chi connectivity index (χ3v) is 4.03. The molecule has 3 rings (SSSR count). The van der Waals surface area contributed by atoms with Crippen molar-refractivity contribution in [3.8, 4) is 0 Å². The van der Waals surface area contributed by atoms with Gasteiger partial charge in [-0.3, -0.25) is 4.79 Å². The van der Waals surface area contributed by atoms with Crippen LogP contribution in [0.25, 0.3) is 5.57 Å². The molecule has 1 fully saturated rings. The number of benzene rings is 1. The molecule has 0 saturated carbocycles. The molecule has 0 unspecified atom stereocenters. The summed E-state index contributed by atoms with van der Waals surface area (Å²) in [5.74, 6) is -0.148. The summed E-state index contributed by atoms with van der Waals surface area (Å²) >= 11 is 0. The Morgan fingerprint density at radius 3 is 2.45 bits per heavy atom. The number of Topliss-reactive ketones (excluding diaryl/α,β-unsaturated/α-hetero) is 1. The molecule has 1 aliphatic heterocycles. The monoisotopic (exact) mass is 272 g/mol. The van der Waals surface area contributed by atoms with Crippen molar-refractivity contribution in [1.29, 1.82) is 0 Å². The first-order valence-electron chi connectivity index (χ1n) is 7.23. The van der Waals surface area contributed by atoms with Crippen LogP contribution >= 0.6 is 0 Å². The predicted molar refractivity (Wildman–Crippen MR) is 77.3 cm³/mol. The van der Waals surface area contributed by atoms with Crippen molar-refractivity contribution in [2.24, 2.45) is 0 Å². The summed E-state index contributed by atoms with van der Waals surface area (Å²) < 4.78 is 11.4. The number of carbonyl (C=O) groups excluding carboxylic acids is 1. The Morgan fingerprint density at radius 2 is 1.90 bits per heavy atom. The second-order valence-corrected chi connectivity index (χ2v) is 5.62. The Hall–Kier alpha value is -1.45. The van der Waals surface area contributed by atoms with Gasteiger partial charge in [0.1, 0.15) is 5.78 Å². The quantitative estimate of drug-likeness (QED) is 0.848. The van der Waals surface area contributed by atoms with Crippen molar-refractivity contribution in [2.75, 3.05) is 13.2 Å². The van der Waals surface area contributed by atoms with E-state index in [1.807, 2.05) is 12.1 Å². The van der Waals surface area contributed by atoms with E-state index in [4.69, 9.17) is 9.47 Å². The third kappa shape index (κ3) is 2.84. The molecule has 2 aliphatic rings. The van der Waals surface area contributed by atoms with Crippen molar-refractivity contribution in [3.63, 3.8) is 0 Å². The van der Waals surface area contributed by atoms with Gasteiger partial charge in [-0.1, -0.05) is 30.3 Å². The first-order valence-corrected chi connectivity index (χ1v) is 7.23. The van der Waals surface area contributed by atoms with Crippen LogP contribution in [-0.4, -0.2) is 24.8 Å². The lowest BCUT2D eigenvalue weighted by molar-refractivity contribution is -0.159. The molecule has 0 atom stereocenters. The molecule has 0 aromatic heterocycles. The van der Waals surface area contributed by atoms with Crippen molar-refractivity contribution >= 4 is 11.4 Å². The fraction of sp³-hybridized carbons (Fsp3) is 0.471. The third-order valence-electron chi connectivity index (χ3n) is 4.03. The van der Waals surface area contributed by atoms with E-state index in [9.17, 15) is 4.79 Å². The van der Waals surface area contributed by atoms with Gasteiger partial charge in [0.2, 0.25) is 0 Å². The Kier molecular flexibility index (Phi) is 3.72. The summed E-state index contributed by atoms with van der Waals surface area (Å²) in [6.07, 6.45) is 5.48. The van der Waals surface area contributed by atoms with E-state index in [-0.39, 0.29) is 11.6 Å². The molecule has 106 valence electrons. The minimum absolute atomic E-state index is 0.201. The molecule has 3 heteroatoms. The van der Waals surface area contributed by atoms with Crippen molar-refractivity contribution in [2.45, 2.75) is 38.4 Å². The molecule has 1 saturated heterocycles. The number of hydrogen-bond donors (Lipinski definition) is 0. The lowest BCUT2D eigenvalue weighted by Crippen LogP contribution is -2.31. The van der Waals surface area contributed by atoms with Gasteiger partial charge in [0.25, 0.3) is 0 Å². The smallest absolute Gasteiger partial charge is 0.172 e. The van der Waals surface area contributed by atoms with E-state index in [1.54, 1.807) is 6.92 Å². The summed E-state index contributed by atoms with van der Waals surface area (Å²) in [5.41, 5.74) is 3.67. The molecular weight excluding hydrogens is 252 g/mol.